The zero-order valence-electron chi connectivity index (χ0n) is 13.3. The number of likely N-dealkylation sites (N-methyl/N-ethyl adjacent to an activating group) is 1. The van der Waals surface area contributed by atoms with E-state index in [9.17, 15) is 9.18 Å². The summed E-state index contributed by atoms with van der Waals surface area (Å²) in [6.07, 6.45) is 4.21. The first kappa shape index (κ1) is 16.1. The van der Waals surface area contributed by atoms with Gasteiger partial charge in [-0.2, -0.15) is 5.10 Å². The minimum absolute atomic E-state index is 0.138. The molecule has 0 spiro atoms. The summed E-state index contributed by atoms with van der Waals surface area (Å²) in [5, 5.41) is 10.7. The molecule has 0 aromatic carbocycles. The van der Waals surface area contributed by atoms with Crippen molar-refractivity contribution in [1.29, 1.82) is 0 Å². The Kier molecular flexibility index (Phi) is 4.83. The summed E-state index contributed by atoms with van der Waals surface area (Å²) in [7, 11) is 1.69. The Morgan fingerprint density at radius 2 is 2.25 bits per heavy atom. The molecule has 2 aromatic heterocycles. The fourth-order valence-corrected chi connectivity index (χ4v) is 2.81. The lowest BCUT2D eigenvalue weighted by molar-refractivity contribution is 0.218. The molecule has 3 rings (SSSR count). The van der Waals surface area contributed by atoms with Gasteiger partial charge in [0.1, 0.15) is 6.17 Å². The summed E-state index contributed by atoms with van der Waals surface area (Å²) < 4.78 is 13.9. The topological polar surface area (TPSA) is 74.2 Å². The Hall–Kier alpha value is -2.77. The number of pyridine rings is 1. The van der Waals surface area contributed by atoms with Crippen molar-refractivity contribution in [3.63, 3.8) is 0 Å². The number of halogens is 1. The number of rotatable bonds is 4. The number of nitrogens with one attached hydrogen (secondary N) is 1. The van der Waals surface area contributed by atoms with Crippen LogP contribution in [0.25, 0.3) is 0 Å². The zero-order valence-corrected chi connectivity index (χ0v) is 13.3. The van der Waals surface area contributed by atoms with Gasteiger partial charge in [-0.1, -0.05) is 0 Å². The van der Waals surface area contributed by atoms with Crippen molar-refractivity contribution in [2.75, 3.05) is 30.4 Å². The molecule has 0 aliphatic carbocycles. The molecule has 0 bridgehead atoms. The fourth-order valence-electron chi connectivity index (χ4n) is 2.81. The van der Waals surface area contributed by atoms with Gasteiger partial charge in [0.05, 0.1) is 24.5 Å². The van der Waals surface area contributed by atoms with Gasteiger partial charge in [0.25, 0.3) is 0 Å². The van der Waals surface area contributed by atoms with E-state index in [1.165, 1.54) is 0 Å². The number of carbonyl (C=O) groups is 1. The molecule has 3 heterocycles. The maximum atomic E-state index is 13.9. The summed E-state index contributed by atoms with van der Waals surface area (Å²) in [6, 6.07) is 6.68. The van der Waals surface area contributed by atoms with Gasteiger partial charge in [0.2, 0.25) is 0 Å². The molecular weight excluding hydrogens is 311 g/mol. The summed E-state index contributed by atoms with van der Waals surface area (Å²) in [5.74, 6) is 0.628. The number of anilines is 2. The smallest absolute Gasteiger partial charge is 0.321 e. The third kappa shape index (κ3) is 3.76. The fraction of sp³-hybridized carbons (Fsp3) is 0.375. The van der Waals surface area contributed by atoms with E-state index in [-0.39, 0.29) is 18.6 Å². The lowest BCUT2D eigenvalue weighted by Gasteiger charge is -2.28. The van der Waals surface area contributed by atoms with Gasteiger partial charge in [-0.25, -0.2) is 9.18 Å². The van der Waals surface area contributed by atoms with Gasteiger partial charge in [-0.15, -0.1) is 5.10 Å². The molecule has 2 aromatic rings. The van der Waals surface area contributed by atoms with Crippen LogP contribution in [0.5, 0.6) is 0 Å². The molecule has 2 atom stereocenters. The van der Waals surface area contributed by atoms with Gasteiger partial charge in [0.15, 0.2) is 5.82 Å². The molecule has 1 N–H and O–H groups in total. The average molecular weight is 330 g/mol. The monoisotopic (exact) mass is 330 g/mol. The van der Waals surface area contributed by atoms with Crippen LogP contribution in [0.2, 0.25) is 0 Å². The maximum absolute atomic E-state index is 13.9. The predicted molar refractivity (Wildman–Crippen MR) is 88.6 cm³/mol. The normalized spacial score (nSPS) is 20.0. The lowest BCUT2D eigenvalue weighted by Crippen LogP contribution is -2.43. The molecule has 2 amide bonds. The van der Waals surface area contributed by atoms with Gasteiger partial charge in [-0.05, 0) is 24.3 Å². The first-order valence-electron chi connectivity index (χ1n) is 7.74. The third-order valence-corrected chi connectivity index (χ3v) is 3.96. The largest absolute Gasteiger partial charge is 0.347 e. The van der Waals surface area contributed by atoms with Crippen molar-refractivity contribution >= 4 is 17.5 Å². The minimum Gasteiger partial charge on any atom is -0.347 e. The quantitative estimate of drug-likeness (QED) is 0.927. The molecule has 24 heavy (non-hydrogen) atoms. The second-order valence-electron chi connectivity index (χ2n) is 5.77. The molecule has 0 saturated carbocycles. The van der Waals surface area contributed by atoms with E-state index in [4.69, 9.17) is 0 Å². The highest BCUT2D eigenvalue weighted by Crippen LogP contribution is 2.25. The number of amides is 2. The van der Waals surface area contributed by atoms with Gasteiger partial charge < -0.3 is 15.1 Å². The first-order valence-corrected chi connectivity index (χ1v) is 7.74. The van der Waals surface area contributed by atoms with Gasteiger partial charge >= 0.3 is 6.03 Å². The van der Waals surface area contributed by atoms with Crippen LogP contribution in [0.15, 0.2) is 42.9 Å². The van der Waals surface area contributed by atoms with Crippen molar-refractivity contribution in [2.45, 2.75) is 18.6 Å². The number of hydrogen-bond donors (Lipinski definition) is 1. The molecule has 0 radical (unpaired) electrons. The molecule has 1 saturated heterocycles. The summed E-state index contributed by atoms with van der Waals surface area (Å²) in [4.78, 5) is 19.6. The van der Waals surface area contributed by atoms with Crippen LogP contribution in [-0.2, 0) is 0 Å². The second kappa shape index (κ2) is 7.20. The Morgan fingerprint density at radius 1 is 1.42 bits per heavy atom. The summed E-state index contributed by atoms with van der Waals surface area (Å²) >= 11 is 0. The van der Waals surface area contributed by atoms with Crippen LogP contribution in [0.1, 0.15) is 6.42 Å². The Bertz CT molecular complexity index is 671. The van der Waals surface area contributed by atoms with Crippen LogP contribution in [0.3, 0.4) is 0 Å². The van der Waals surface area contributed by atoms with Crippen molar-refractivity contribution in [2.24, 2.45) is 0 Å². The number of alkyl halides is 1. The SMILES string of the molecule is CN(C[C@@H]1C[C@H](F)CN1c1cccnn1)C(=O)Nc1cccnc1. The van der Waals surface area contributed by atoms with E-state index in [1.807, 2.05) is 4.90 Å². The van der Waals surface area contributed by atoms with Crippen molar-refractivity contribution in [1.82, 2.24) is 20.1 Å². The number of nitrogens with zero attached hydrogens (tertiary/aromatic N) is 5. The number of urea groups is 1. The van der Waals surface area contributed by atoms with Crippen molar-refractivity contribution in [3.05, 3.63) is 42.9 Å². The maximum Gasteiger partial charge on any atom is 0.321 e. The van der Waals surface area contributed by atoms with Crippen LogP contribution in [0.4, 0.5) is 20.7 Å². The first-order chi connectivity index (χ1) is 11.6. The number of aromatic nitrogens is 3. The molecule has 126 valence electrons. The number of hydrogen-bond acceptors (Lipinski definition) is 5. The van der Waals surface area contributed by atoms with E-state index in [1.54, 1.807) is 54.8 Å². The molecule has 8 heteroatoms. The standard InChI is InChI=1S/C16H19FN6O/c1-22(16(24)20-13-4-2-6-18-9-13)11-14-8-12(17)10-23(14)15-5-3-7-19-21-15/h2-7,9,12,14H,8,10-11H2,1H3,(H,20,24)/t12-,14-/m0/s1. The summed E-state index contributed by atoms with van der Waals surface area (Å²) in [5.41, 5.74) is 0.620. The van der Waals surface area contributed by atoms with E-state index in [0.717, 1.165) is 0 Å². The highest BCUT2D eigenvalue weighted by atomic mass is 19.1. The van der Waals surface area contributed by atoms with E-state index >= 15 is 0 Å². The second-order valence-corrected chi connectivity index (χ2v) is 5.77. The third-order valence-electron chi connectivity index (χ3n) is 3.96. The molecule has 7 nitrogen and oxygen atoms in total. The van der Waals surface area contributed by atoms with Gasteiger partial charge in [0, 0.05) is 32.4 Å². The van der Waals surface area contributed by atoms with Crippen LogP contribution in [0, 0.1) is 0 Å². The van der Waals surface area contributed by atoms with Crippen molar-refractivity contribution in [3.8, 4) is 0 Å². The van der Waals surface area contributed by atoms with Gasteiger partial charge in [-0.3, -0.25) is 4.98 Å². The minimum atomic E-state index is -0.938. The Labute approximate surface area is 139 Å². The van der Waals surface area contributed by atoms with E-state index in [2.05, 4.69) is 20.5 Å². The molecule has 0 unspecified atom stereocenters. The highest BCUT2D eigenvalue weighted by Gasteiger charge is 2.34. The van der Waals surface area contributed by atoms with Crippen molar-refractivity contribution < 1.29 is 9.18 Å². The van der Waals surface area contributed by atoms with E-state index in [0.29, 0.717) is 24.5 Å². The molecule has 1 fully saturated rings. The van der Waals surface area contributed by atoms with Crippen LogP contribution in [-0.4, -0.2) is 58.5 Å². The zero-order chi connectivity index (χ0) is 16.9. The lowest BCUT2D eigenvalue weighted by atomic mass is 10.2. The average Bonchev–Trinajstić information content (AvgIpc) is 2.97. The summed E-state index contributed by atoms with van der Waals surface area (Å²) in [6.45, 7) is 0.657. The Balaban J connectivity index is 1.64. The number of carbonyl (C=O) groups excluding carboxylic acids is 1. The highest BCUT2D eigenvalue weighted by molar-refractivity contribution is 5.88. The van der Waals surface area contributed by atoms with Crippen LogP contribution >= 0.6 is 0 Å². The molecular formula is C16H19FN6O. The molecule has 1 aliphatic rings. The van der Waals surface area contributed by atoms with E-state index < -0.39 is 6.17 Å². The van der Waals surface area contributed by atoms with Crippen LogP contribution < -0.4 is 10.2 Å². The Morgan fingerprint density at radius 3 is 2.96 bits per heavy atom. The molecule has 1 aliphatic heterocycles. The predicted octanol–water partition coefficient (Wildman–Crippen LogP) is 1.95.